The number of hydrogen-bond donors (Lipinski definition) is 0. The Labute approximate surface area is 159 Å². The van der Waals surface area contributed by atoms with Gasteiger partial charge in [0.15, 0.2) is 11.5 Å². The first-order valence-electron chi connectivity index (χ1n) is 7.95. The molecule has 0 saturated carbocycles. The highest BCUT2D eigenvalue weighted by molar-refractivity contribution is 9.10. The third-order valence-corrected chi connectivity index (χ3v) is 4.93. The smallest absolute Gasteiger partial charge is 0.336 e. The van der Waals surface area contributed by atoms with E-state index in [2.05, 4.69) is 15.9 Å². The van der Waals surface area contributed by atoms with Gasteiger partial charge in [0.2, 0.25) is 6.79 Å². The van der Waals surface area contributed by atoms with Crippen molar-refractivity contribution in [3.63, 3.8) is 0 Å². The van der Waals surface area contributed by atoms with Crippen molar-refractivity contribution in [1.82, 2.24) is 4.90 Å². The lowest BCUT2D eigenvalue weighted by Crippen LogP contribution is -2.28. The summed E-state index contributed by atoms with van der Waals surface area (Å²) in [5.74, 6) is -0.560. The number of carbonyl (C=O) groups is 2. The molecule has 2 aliphatic heterocycles. The Hall–Kier alpha value is -2.48. The number of nitrogens with zero attached hydrogens (tertiary/aromatic N) is 1. The van der Waals surface area contributed by atoms with E-state index in [1.165, 1.54) is 14.2 Å². The van der Waals surface area contributed by atoms with Crippen molar-refractivity contribution in [2.75, 3.05) is 27.6 Å². The molecule has 7 nitrogen and oxygen atoms in total. The van der Waals surface area contributed by atoms with Crippen molar-refractivity contribution >= 4 is 27.9 Å². The molecule has 0 fully saturated rings. The van der Waals surface area contributed by atoms with Crippen LogP contribution < -0.4 is 9.47 Å². The van der Waals surface area contributed by atoms with Gasteiger partial charge in [-0.3, -0.25) is 0 Å². The van der Waals surface area contributed by atoms with E-state index < -0.39 is 17.9 Å². The molecular weight excluding hydrogens is 406 g/mol. The van der Waals surface area contributed by atoms with E-state index in [1.54, 1.807) is 29.4 Å². The van der Waals surface area contributed by atoms with E-state index in [-0.39, 0.29) is 6.79 Å². The quantitative estimate of drug-likeness (QED) is 0.689. The molecule has 0 N–H and O–H groups in total. The molecule has 0 amide bonds. The number of hydrogen-bond acceptors (Lipinski definition) is 7. The van der Waals surface area contributed by atoms with Crippen LogP contribution >= 0.6 is 15.9 Å². The summed E-state index contributed by atoms with van der Waals surface area (Å²) in [4.78, 5) is 26.6. The third-order valence-electron chi connectivity index (χ3n) is 4.24. The van der Waals surface area contributed by atoms with Gasteiger partial charge in [0.25, 0.3) is 0 Å². The van der Waals surface area contributed by atoms with Crippen molar-refractivity contribution in [3.05, 3.63) is 45.7 Å². The average molecular weight is 424 g/mol. The highest BCUT2D eigenvalue weighted by Gasteiger charge is 2.37. The van der Waals surface area contributed by atoms with Gasteiger partial charge in [-0.2, -0.15) is 0 Å². The summed E-state index contributed by atoms with van der Waals surface area (Å²) >= 11 is 3.51. The molecule has 2 aliphatic rings. The number of rotatable bonds is 4. The molecule has 1 aromatic carbocycles. The van der Waals surface area contributed by atoms with Gasteiger partial charge in [0.05, 0.1) is 31.3 Å². The highest BCUT2D eigenvalue weighted by atomic mass is 79.9. The molecule has 2 heterocycles. The molecule has 138 valence electrons. The fraction of sp³-hybridized carbons (Fsp3) is 0.333. The summed E-state index contributed by atoms with van der Waals surface area (Å²) in [5.41, 5.74) is 1.34. The van der Waals surface area contributed by atoms with Gasteiger partial charge in [-0.05, 0) is 24.6 Å². The number of esters is 2. The van der Waals surface area contributed by atoms with E-state index in [0.717, 1.165) is 0 Å². The van der Waals surface area contributed by atoms with Crippen LogP contribution in [0.5, 0.6) is 11.5 Å². The topological polar surface area (TPSA) is 74.3 Å². The Balaban J connectivity index is 2.17. The van der Waals surface area contributed by atoms with Crippen LogP contribution in [0.25, 0.3) is 0 Å². The van der Waals surface area contributed by atoms with Crippen LogP contribution in [0.2, 0.25) is 0 Å². The van der Waals surface area contributed by atoms with Gasteiger partial charge in [0.1, 0.15) is 0 Å². The fourth-order valence-electron chi connectivity index (χ4n) is 2.96. The normalized spacial score (nSPS) is 16.1. The molecule has 1 aromatic rings. The van der Waals surface area contributed by atoms with E-state index >= 15 is 0 Å². The number of benzene rings is 1. The Kier molecular flexibility index (Phi) is 5.22. The second kappa shape index (κ2) is 7.41. The van der Waals surface area contributed by atoms with Crippen LogP contribution in [0.1, 0.15) is 18.4 Å². The molecule has 0 unspecified atom stereocenters. The largest absolute Gasteiger partial charge is 0.466 e. The van der Waals surface area contributed by atoms with Crippen molar-refractivity contribution in [2.45, 2.75) is 12.8 Å². The Morgan fingerprint density at radius 2 is 1.65 bits per heavy atom. The minimum absolute atomic E-state index is 0.124. The van der Waals surface area contributed by atoms with E-state index in [1.807, 2.05) is 6.92 Å². The van der Waals surface area contributed by atoms with Crippen LogP contribution in [-0.2, 0) is 19.1 Å². The van der Waals surface area contributed by atoms with E-state index in [0.29, 0.717) is 39.2 Å². The highest BCUT2D eigenvalue weighted by Crippen LogP contribution is 2.45. The molecule has 26 heavy (non-hydrogen) atoms. The molecule has 0 radical (unpaired) electrons. The molecule has 0 atom stereocenters. The van der Waals surface area contributed by atoms with Gasteiger partial charge < -0.3 is 23.8 Å². The van der Waals surface area contributed by atoms with Crippen molar-refractivity contribution in [2.24, 2.45) is 0 Å². The van der Waals surface area contributed by atoms with Gasteiger partial charge in [-0.15, -0.1) is 0 Å². The molecule has 0 bridgehead atoms. The third kappa shape index (κ3) is 3.16. The summed E-state index contributed by atoms with van der Waals surface area (Å²) < 4.78 is 21.4. The lowest BCUT2D eigenvalue weighted by Gasteiger charge is -2.30. The molecule has 0 aliphatic carbocycles. The first-order valence-corrected chi connectivity index (χ1v) is 8.74. The Morgan fingerprint density at radius 3 is 2.15 bits per heavy atom. The first kappa shape index (κ1) is 18.3. The van der Waals surface area contributed by atoms with E-state index in [4.69, 9.17) is 18.9 Å². The second-order valence-electron chi connectivity index (χ2n) is 5.64. The van der Waals surface area contributed by atoms with Crippen molar-refractivity contribution in [1.29, 1.82) is 0 Å². The number of methoxy groups -OCH3 is 2. The maximum atomic E-state index is 12.4. The minimum Gasteiger partial charge on any atom is -0.466 e. The summed E-state index contributed by atoms with van der Waals surface area (Å²) in [6.07, 6.45) is 3.36. The Bertz CT molecular complexity index is 782. The van der Waals surface area contributed by atoms with Crippen molar-refractivity contribution < 1.29 is 28.5 Å². The lowest BCUT2D eigenvalue weighted by atomic mass is 9.83. The predicted molar refractivity (Wildman–Crippen MR) is 95.6 cm³/mol. The zero-order valence-corrected chi connectivity index (χ0v) is 16.2. The summed E-state index contributed by atoms with van der Waals surface area (Å²) in [6.45, 7) is 2.61. The monoisotopic (exact) mass is 423 g/mol. The van der Waals surface area contributed by atoms with Crippen LogP contribution in [0.15, 0.2) is 40.2 Å². The summed E-state index contributed by atoms with van der Waals surface area (Å²) in [6, 6.07) is 3.51. The lowest BCUT2D eigenvalue weighted by molar-refractivity contribution is -0.137. The van der Waals surface area contributed by atoms with Gasteiger partial charge in [-0.1, -0.05) is 15.9 Å². The van der Waals surface area contributed by atoms with Crippen LogP contribution in [0, 0.1) is 0 Å². The molecule has 8 heteroatoms. The zero-order chi connectivity index (χ0) is 18.8. The maximum Gasteiger partial charge on any atom is 0.336 e. The number of halogens is 1. The maximum absolute atomic E-state index is 12.4. The Morgan fingerprint density at radius 1 is 1.12 bits per heavy atom. The molecule has 0 spiro atoms. The molecule has 0 saturated heterocycles. The summed E-state index contributed by atoms with van der Waals surface area (Å²) in [5, 5.41) is 0. The van der Waals surface area contributed by atoms with Crippen LogP contribution in [0.3, 0.4) is 0 Å². The average Bonchev–Trinajstić information content (AvgIpc) is 3.12. The molecule has 3 rings (SSSR count). The van der Waals surface area contributed by atoms with Gasteiger partial charge >= 0.3 is 11.9 Å². The molecule has 0 aromatic heterocycles. The SMILES string of the molecule is CCN1C=C(C(=O)OC)C(c2cc3c(cc2Br)OCO3)C(C(=O)OC)=C1. The first-order chi connectivity index (χ1) is 12.5. The number of fused-ring (bicyclic) bond motifs is 1. The second-order valence-corrected chi connectivity index (χ2v) is 6.50. The summed E-state index contributed by atoms with van der Waals surface area (Å²) in [7, 11) is 2.61. The minimum atomic E-state index is -0.665. The van der Waals surface area contributed by atoms with Crippen LogP contribution in [0.4, 0.5) is 0 Å². The zero-order valence-electron chi connectivity index (χ0n) is 14.6. The standard InChI is InChI=1S/C18H18BrNO6/c1-4-20-7-11(17(21)23-2)16(12(8-20)18(22)24-3)10-5-14-15(6-13(10)19)26-9-25-14/h5-8,16H,4,9H2,1-3H3. The molecular formula is C18H18BrNO6. The predicted octanol–water partition coefficient (Wildman–Crippen LogP) is 2.71. The van der Waals surface area contributed by atoms with Gasteiger partial charge in [-0.25, -0.2) is 9.59 Å². The number of ether oxygens (including phenoxy) is 4. The number of carbonyl (C=O) groups excluding carboxylic acids is 2. The fourth-order valence-corrected chi connectivity index (χ4v) is 3.51. The van der Waals surface area contributed by atoms with Gasteiger partial charge in [0, 0.05) is 23.4 Å². The van der Waals surface area contributed by atoms with Crippen molar-refractivity contribution in [3.8, 4) is 11.5 Å². The van der Waals surface area contributed by atoms with Crippen LogP contribution in [-0.4, -0.2) is 44.4 Å². The van der Waals surface area contributed by atoms with E-state index in [9.17, 15) is 9.59 Å².